The van der Waals surface area contributed by atoms with E-state index in [4.69, 9.17) is 14.2 Å². The first-order valence-corrected chi connectivity index (χ1v) is 28.8. The molecule has 0 spiro atoms. The Morgan fingerprint density at radius 3 is 2.47 bits per heavy atom. The largest absolute Gasteiger partial charge is 0.492 e. The first-order valence-electron chi connectivity index (χ1n) is 26.5. The number of aryl methyl sites for hydroxylation is 1. The van der Waals surface area contributed by atoms with Crippen LogP contribution < -0.4 is 25.0 Å². The van der Waals surface area contributed by atoms with Gasteiger partial charge in [-0.05, 0) is 103 Å². The normalized spacial score (nSPS) is 21.2. The average molecular weight is 1090 g/mol. The molecule has 23 heteroatoms. The predicted octanol–water partition coefficient (Wildman–Crippen LogP) is 6.30. The number of morpholine rings is 1. The van der Waals surface area contributed by atoms with E-state index in [0.717, 1.165) is 68.1 Å². The number of aromatic amines is 1. The van der Waals surface area contributed by atoms with Gasteiger partial charge in [0.25, 0.3) is 0 Å². The lowest BCUT2D eigenvalue weighted by Crippen LogP contribution is -2.61. The number of H-pyrrole nitrogens is 1. The first-order chi connectivity index (χ1) is 37.0. The van der Waals surface area contributed by atoms with Crippen LogP contribution >= 0.6 is 11.3 Å². The van der Waals surface area contributed by atoms with Gasteiger partial charge in [-0.2, -0.15) is 5.10 Å². The van der Waals surface area contributed by atoms with Gasteiger partial charge in [-0.15, -0.1) is 11.3 Å². The van der Waals surface area contributed by atoms with E-state index in [1.54, 1.807) is 50.7 Å². The molecule has 4 fully saturated rings. The highest BCUT2D eigenvalue weighted by Gasteiger charge is 2.38. The van der Waals surface area contributed by atoms with Crippen LogP contribution in [-0.2, 0) is 19.4 Å². The van der Waals surface area contributed by atoms with Crippen molar-refractivity contribution < 1.29 is 36.6 Å². The maximum absolute atomic E-state index is 14.1. The minimum absolute atomic E-state index is 0.0602. The van der Waals surface area contributed by atoms with Crippen LogP contribution in [0.25, 0.3) is 10.9 Å². The quantitative estimate of drug-likeness (QED) is 0.0852. The molecule has 8 heterocycles. The Bertz CT molecular complexity index is 3160. The topological polar surface area (TPSA) is 226 Å². The lowest BCUT2D eigenvalue weighted by atomic mass is 9.98. The van der Waals surface area contributed by atoms with Crippen LogP contribution in [0.3, 0.4) is 0 Å². The molecule has 4 aliphatic heterocycles. The number of carbonyl (C=O) groups excluding carboxylic acids is 2. The number of ether oxygens (including phenoxy) is 3. The number of halogens is 1. The molecule has 77 heavy (non-hydrogen) atoms. The molecular weight excluding hydrogens is 1030 g/mol. The number of fused-ring (bicyclic) bond motifs is 1. The molecule has 3 N–H and O–H groups in total. The van der Waals surface area contributed by atoms with Gasteiger partial charge in [-0.1, -0.05) is 0 Å². The number of thiazole rings is 1. The van der Waals surface area contributed by atoms with E-state index in [1.807, 2.05) is 18.7 Å². The second kappa shape index (κ2) is 23.0. The van der Waals surface area contributed by atoms with Gasteiger partial charge in [0.05, 0.1) is 48.5 Å². The number of anilines is 3. The molecule has 2 aromatic carbocycles. The molecular formula is C54H68FN13O7S2. The van der Waals surface area contributed by atoms with E-state index in [1.165, 1.54) is 41.9 Å². The van der Waals surface area contributed by atoms with E-state index in [2.05, 4.69) is 67.4 Å². The number of piperidine rings is 1. The zero-order chi connectivity index (χ0) is 54.0. The minimum Gasteiger partial charge on any atom is -0.492 e. The van der Waals surface area contributed by atoms with Crippen LogP contribution in [0.1, 0.15) is 91.7 Å². The Kier molecular flexibility index (Phi) is 16.2. The second-order valence-electron chi connectivity index (χ2n) is 21.7. The third-order valence-corrected chi connectivity index (χ3v) is 18.6. The molecule has 20 nitrogen and oxygen atoms in total. The summed E-state index contributed by atoms with van der Waals surface area (Å²) in [7, 11) is -3.84. The third kappa shape index (κ3) is 12.2. The molecule has 4 atom stereocenters. The number of carbonyl (C=O) groups is 2. The highest BCUT2D eigenvalue weighted by atomic mass is 32.2. The Morgan fingerprint density at radius 2 is 1.73 bits per heavy atom. The fourth-order valence-corrected chi connectivity index (χ4v) is 12.7. The molecule has 0 saturated carbocycles. The number of rotatable bonds is 17. The molecule has 4 aliphatic rings. The number of hydrogen-bond donors (Lipinski definition) is 3. The Hall–Kier alpha value is -6.24. The van der Waals surface area contributed by atoms with E-state index >= 15 is 0 Å². The summed E-state index contributed by atoms with van der Waals surface area (Å²) in [5.74, 6) is 2.04. The van der Waals surface area contributed by atoms with Crippen molar-refractivity contribution in [1.82, 2.24) is 55.1 Å². The Morgan fingerprint density at radius 1 is 0.948 bits per heavy atom. The zero-order valence-electron chi connectivity index (χ0n) is 44.5. The van der Waals surface area contributed by atoms with Gasteiger partial charge < -0.3 is 34.6 Å². The number of hydrogen-bond acceptors (Lipinski definition) is 19. The highest BCUT2D eigenvalue weighted by molar-refractivity contribution is 7.92. The lowest BCUT2D eigenvalue weighted by molar-refractivity contribution is -0.134. The van der Waals surface area contributed by atoms with Gasteiger partial charge >= 0.3 is 0 Å². The molecule has 6 aromatic rings. The molecule has 4 aromatic heterocycles. The number of piperazine rings is 1. The summed E-state index contributed by atoms with van der Waals surface area (Å²) in [5.41, 5.74) is 3.08. The number of ketones is 1. The van der Waals surface area contributed by atoms with Crippen LogP contribution in [0.15, 0.2) is 65.4 Å². The number of amides is 1. The number of likely N-dealkylation sites (tertiary alicyclic amines) is 1. The first kappa shape index (κ1) is 54.1. The van der Waals surface area contributed by atoms with Crippen molar-refractivity contribution in [3.05, 3.63) is 93.8 Å². The van der Waals surface area contributed by atoms with Crippen LogP contribution in [0, 0.1) is 25.6 Å². The van der Waals surface area contributed by atoms with Gasteiger partial charge in [0, 0.05) is 98.1 Å². The van der Waals surface area contributed by atoms with Crippen molar-refractivity contribution in [2.24, 2.45) is 5.92 Å². The molecule has 0 unspecified atom stereocenters. The molecule has 4 saturated heterocycles. The van der Waals surface area contributed by atoms with Gasteiger partial charge in [0.15, 0.2) is 21.4 Å². The van der Waals surface area contributed by atoms with Gasteiger partial charge in [0.1, 0.15) is 52.0 Å². The number of aromatic nitrogens is 7. The molecule has 0 bridgehead atoms. The summed E-state index contributed by atoms with van der Waals surface area (Å²) >= 11 is 1.39. The summed E-state index contributed by atoms with van der Waals surface area (Å²) in [6.07, 6.45) is 7.92. The second-order valence-corrected chi connectivity index (χ2v) is 25.2. The van der Waals surface area contributed by atoms with Crippen LogP contribution in [0.4, 0.5) is 22.0 Å². The van der Waals surface area contributed by atoms with Gasteiger partial charge in [-0.25, -0.2) is 37.7 Å². The maximum atomic E-state index is 14.1. The number of nitrogens with one attached hydrogen (secondary N) is 3. The van der Waals surface area contributed by atoms with Crippen LogP contribution in [0.5, 0.6) is 11.5 Å². The van der Waals surface area contributed by atoms with Gasteiger partial charge in [0.2, 0.25) is 17.6 Å². The molecule has 0 radical (unpaired) electrons. The monoisotopic (exact) mass is 1090 g/mol. The molecule has 410 valence electrons. The molecule has 1 amide bonds. The number of benzene rings is 2. The van der Waals surface area contributed by atoms with Crippen molar-refractivity contribution in [2.45, 2.75) is 101 Å². The van der Waals surface area contributed by atoms with Crippen molar-refractivity contribution in [1.29, 1.82) is 0 Å². The fourth-order valence-electron chi connectivity index (χ4n) is 10.4. The zero-order valence-corrected chi connectivity index (χ0v) is 46.1. The van der Waals surface area contributed by atoms with Crippen LogP contribution in [0.2, 0.25) is 0 Å². The van der Waals surface area contributed by atoms with Crippen molar-refractivity contribution in [3.63, 3.8) is 0 Å². The fraction of sp³-hybridized carbons (Fsp3) is 0.519. The van der Waals surface area contributed by atoms with Crippen molar-refractivity contribution >= 4 is 61.4 Å². The average Bonchev–Trinajstić information content (AvgIpc) is 4.23. The smallest absolute Gasteiger partial charge is 0.237 e. The van der Waals surface area contributed by atoms with E-state index in [-0.39, 0.29) is 52.5 Å². The summed E-state index contributed by atoms with van der Waals surface area (Å²) in [6, 6.07) is 8.93. The highest BCUT2D eigenvalue weighted by Crippen LogP contribution is 2.39. The van der Waals surface area contributed by atoms with E-state index < -0.39 is 20.4 Å². The summed E-state index contributed by atoms with van der Waals surface area (Å²) in [5, 5.41) is 17.2. The van der Waals surface area contributed by atoms with Gasteiger partial charge in [-0.3, -0.25) is 24.5 Å². The standard InChI is InChI=1S/C54H68FN13O7S2/c1-33-25-67(28-48(69)68-15-7-8-45(68)52-61-44(31-76-52)49(70)37-9-11-38(55)12-10-37)39(22-56-33)26-65-18-19-73-41(27-65)30-74-40-23-57-53(58-24-40)66-16-13-36(14-17-66)29-75-46-21-43-42(20-47(46)77(71,72)54(4,5)6)51(60-32-59-43)62-50-34(2)35(3)63-64-50/h9-12,20-21,23-24,31-33,36,39,41,45,56H,7-8,13-19,22,25-30H2,1-6H3,(H2,59,60,62,63,64)/t33-,39-,41-,45+/m1/s1. The lowest BCUT2D eigenvalue weighted by Gasteiger charge is -2.43. The Labute approximate surface area is 452 Å². The van der Waals surface area contributed by atoms with Crippen molar-refractivity contribution in [2.75, 3.05) is 88.9 Å². The predicted molar refractivity (Wildman–Crippen MR) is 290 cm³/mol. The summed E-state index contributed by atoms with van der Waals surface area (Å²) in [6.45, 7) is 18.3. The summed E-state index contributed by atoms with van der Waals surface area (Å²) in [4.78, 5) is 59.0. The molecule has 10 rings (SSSR count). The third-order valence-electron chi connectivity index (χ3n) is 15.2. The van der Waals surface area contributed by atoms with E-state index in [9.17, 15) is 22.4 Å². The van der Waals surface area contributed by atoms with Crippen molar-refractivity contribution in [3.8, 4) is 11.5 Å². The maximum Gasteiger partial charge on any atom is 0.237 e. The summed E-state index contributed by atoms with van der Waals surface area (Å²) < 4.78 is 59.3. The minimum atomic E-state index is -3.84. The van der Waals surface area contributed by atoms with Crippen LogP contribution in [-0.4, -0.2) is 172 Å². The SMILES string of the molecule is Cc1[nH]nc(Nc2ncnc3cc(OCC4CCN(c5ncc(OC[C@H]6CN(C[C@H]7CN[C@H](C)CN7CC(=O)N7CCC[C@H]7c7nc(C(=O)c8ccc(F)cc8)cs7)CCO6)cn5)CC4)c(S(=O)(=O)C(C)(C)C)cc23)c1C. The Balaban J connectivity index is 0.695. The van der Waals surface area contributed by atoms with E-state index in [0.29, 0.717) is 98.0 Å². The number of sulfone groups is 1. The number of nitrogens with zero attached hydrogens (tertiary/aromatic N) is 10. The molecule has 0 aliphatic carbocycles.